The van der Waals surface area contributed by atoms with Crippen molar-refractivity contribution in [3.05, 3.63) is 69.0 Å². The van der Waals surface area contributed by atoms with Crippen molar-refractivity contribution < 1.29 is 13.2 Å². The molecule has 4 rings (SSSR count). The van der Waals surface area contributed by atoms with Gasteiger partial charge in [-0.15, -0.1) is 11.3 Å². The van der Waals surface area contributed by atoms with Gasteiger partial charge in [0.15, 0.2) is 9.84 Å². The summed E-state index contributed by atoms with van der Waals surface area (Å²) in [4.78, 5) is 15.5. The van der Waals surface area contributed by atoms with Crippen molar-refractivity contribution in [2.45, 2.75) is 19.0 Å². The number of amides is 1. The SMILES string of the molecule is O=C(c1sc2ccccc2c1Cl)N(Cc1cccc(Cl)c1)[C@H]1CCS(=O)(=O)C1. The van der Waals surface area contributed by atoms with Gasteiger partial charge in [-0.05, 0) is 30.2 Å². The first-order valence-corrected chi connectivity index (χ1v) is 12.2. The number of halogens is 2. The Bertz CT molecular complexity index is 1160. The Kier molecular flexibility index (Phi) is 5.40. The average Bonchev–Trinajstić information content (AvgIpc) is 3.19. The molecule has 0 aliphatic carbocycles. The fourth-order valence-electron chi connectivity index (χ4n) is 3.50. The average molecular weight is 454 g/mol. The van der Waals surface area contributed by atoms with E-state index in [2.05, 4.69) is 0 Å². The van der Waals surface area contributed by atoms with Crippen LogP contribution in [-0.4, -0.2) is 36.8 Å². The van der Waals surface area contributed by atoms with Gasteiger partial charge >= 0.3 is 0 Å². The number of carbonyl (C=O) groups is 1. The summed E-state index contributed by atoms with van der Waals surface area (Å²) >= 11 is 13.9. The molecule has 1 fully saturated rings. The minimum absolute atomic E-state index is 0.0260. The zero-order chi connectivity index (χ0) is 19.9. The molecule has 0 spiro atoms. The topological polar surface area (TPSA) is 54.5 Å². The third-order valence-electron chi connectivity index (χ3n) is 4.88. The van der Waals surface area contributed by atoms with Crippen LogP contribution in [0.5, 0.6) is 0 Å². The highest BCUT2D eigenvalue weighted by molar-refractivity contribution is 7.91. The van der Waals surface area contributed by atoms with Crippen LogP contribution in [0.4, 0.5) is 0 Å². The second-order valence-corrected chi connectivity index (χ2v) is 11.0. The monoisotopic (exact) mass is 453 g/mol. The van der Waals surface area contributed by atoms with E-state index in [1.54, 1.807) is 17.0 Å². The number of nitrogens with zero attached hydrogens (tertiary/aromatic N) is 1. The van der Waals surface area contributed by atoms with Gasteiger partial charge in [0.25, 0.3) is 5.91 Å². The van der Waals surface area contributed by atoms with E-state index in [9.17, 15) is 13.2 Å². The van der Waals surface area contributed by atoms with E-state index in [0.29, 0.717) is 21.3 Å². The van der Waals surface area contributed by atoms with E-state index < -0.39 is 9.84 Å². The second-order valence-electron chi connectivity index (χ2n) is 6.86. The summed E-state index contributed by atoms with van der Waals surface area (Å²) in [5.74, 6) is -0.174. The highest BCUT2D eigenvalue weighted by atomic mass is 35.5. The first kappa shape index (κ1) is 19.7. The second kappa shape index (κ2) is 7.67. The van der Waals surface area contributed by atoms with Gasteiger partial charge in [0.1, 0.15) is 4.88 Å². The van der Waals surface area contributed by atoms with Gasteiger partial charge in [0.2, 0.25) is 0 Å². The zero-order valence-corrected chi connectivity index (χ0v) is 17.9. The number of thiophene rings is 1. The number of hydrogen-bond donors (Lipinski definition) is 0. The maximum absolute atomic E-state index is 13.4. The van der Waals surface area contributed by atoms with Gasteiger partial charge in [-0.1, -0.05) is 53.5 Å². The summed E-state index contributed by atoms with van der Waals surface area (Å²) in [5, 5.41) is 1.82. The molecule has 146 valence electrons. The lowest BCUT2D eigenvalue weighted by atomic mass is 10.1. The zero-order valence-electron chi connectivity index (χ0n) is 14.8. The first-order chi connectivity index (χ1) is 13.3. The normalized spacial score (nSPS) is 18.4. The third-order valence-corrected chi connectivity index (χ3v) is 8.53. The highest BCUT2D eigenvalue weighted by Crippen LogP contribution is 2.37. The smallest absolute Gasteiger partial charge is 0.266 e. The molecule has 2 aromatic carbocycles. The molecule has 4 nitrogen and oxygen atoms in total. The van der Waals surface area contributed by atoms with Crippen LogP contribution < -0.4 is 0 Å². The lowest BCUT2D eigenvalue weighted by Gasteiger charge is -2.28. The Balaban J connectivity index is 1.73. The molecule has 0 radical (unpaired) electrons. The summed E-state index contributed by atoms with van der Waals surface area (Å²) in [7, 11) is -3.14. The molecule has 1 amide bonds. The summed E-state index contributed by atoms with van der Waals surface area (Å²) in [6, 6.07) is 14.4. The van der Waals surface area contributed by atoms with Crippen LogP contribution in [0.1, 0.15) is 21.7 Å². The molecule has 2 heterocycles. The lowest BCUT2D eigenvalue weighted by molar-refractivity contribution is 0.0686. The van der Waals surface area contributed by atoms with Gasteiger partial charge in [0.05, 0.1) is 16.5 Å². The van der Waals surface area contributed by atoms with Crippen LogP contribution in [0.25, 0.3) is 10.1 Å². The molecule has 0 bridgehead atoms. The van der Waals surface area contributed by atoms with Crippen LogP contribution >= 0.6 is 34.5 Å². The van der Waals surface area contributed by atoms with Crippen molar-refractivity contribution in [1.29, 1.82) is 0 Å². The minimum atomic E-state index is -3.14. The Morgan fingerprint density at radius 2 is 1.93 bits per heavy atom. The molecule has 3 aromatic rings. The van der Waals surface area contributed by atoms with Crippen molar-refractivity contribution in [3.8, 4) is 0 Å². The van der Waals surface area contributed by atoms with E-state index in [-0.39, 0.29) is 30.0 Å². The van der Waals surface area contributed by atoms with Gasteiger partial charge in [-0.25, -0.2) is 8.42 Å². The van der Waals surface area contributed by atoms with Crippen LogP contribution in [0.2, 0.25) is 10.0 Å². The molecule has 0 N–H and O–H groups in total. The molecular formula is C20H17Cl2NO3S2. The van der Waals surface area contributed by atoms with Crippen molar-refractivity contribution in [2.24, 2.45) is 0 Å². The largest absolute Gasteiger partial charge is 0.330 e. The van der Waals surface area contributed by atoms with E-state index >= 15 is 0 Å². The lowest BCUT2D eigenvalue weighted by Crippen LogP contribution is -2.40. The molecule has 1 saturated heterocycles. The van der Waals surface area contributed by atoms with Crippen molar-refractivity contribution in [2.75, 3.05) is 11.5 Å². The predicted octanol–water partition coefficient (Wildman–Crippen LogP) is 5.04. The van der Waals surface area contributed by atoms with Gasteiger partial charge in [-0.2, -0.15) is 0 Å². The molecule has 28 heavy (non-hydrogen) atoms. The standard InChI is InChI=1S/C20H17Cl2NO3S2/c21-14-5-3-4-13(10-14)11-23(15-8-9-28(25,26)12-15)20(24)19-18(22)16-6-1-2-7-17(16)27-19/h1-7,10,15H,8-9,11-12H2/t15-/m0/s1. The number of carbonyl (C=O) groups excluding carboxylic acids is 1. The number of fused-ring (bicyclic) bond motifs is 1. The molecule has 0 unspecified atom stereocenters. The number of benzene rings is 2. The maximum Gasteiger partial charge on any atom is 0.266 e. The molecular weight excluding hydrogens is 437 g/mol. The number of rotatable bonds is 4. The van der Waals surface area contributed by atoms with Crippen LogP contribution in [-0.2, 0) is 16.4 Å². The quantitative estimate of drug-likeness (QED) is 0.555. The summed E-state index contributed by atoms with van der Waals surface area (Å²) in [6.45, 7) is 0.282. The number of sulfone groups is 1. The van der Waals surface area contributed by atoms with Crippen molar-refractivity contribution in [1.82, 2.24) is 4.90 Å². The van der Waals surface area contributed by atoms with Crippen molar-refractivity contribution >= 4 is 60.4 Å². The summed E-state index contributed by atoms with van der Waals surface area (Å²) in [6.07, 6.45) is 0.428. The van der Waals surface area contributed by atoms with Gasteiger partial charge in [0, 0.05) is 27.7 Å². The number of hydrogen-bond acceptors (Lipinski definition) is 4. The molecule has 0 saturated carbocycles. The van der Waals surface area contributed by atoms with Crippen LogP contribution in [0.3, 0.4) is 0 Å². The fraction of sp³-hybridized carbons (Fsp3) is 0.250. The van der Waals surface area contributed by atoms with E-state index in [4.69, 9.17) is 23.2 Å². The van der Waals surface area contributed by atoms with Crippen LogP contribution in [0, 0.1) is 0 Å². The Morgan fingerprint density at radius 1 is 1.14 bits per heavy atom. The molecule has 1 aliphatic heterocycles. The highest BCUT2D eigenvalue weighted by Gasteiger charge is 2.36. The van der Waals surface area contributed by atoms with Gasteiger partial charge in [-0.3, -0.25) is 4.79 Å². The van der Waals surface area contributed by atoms with Crippen LogP contribution in [0.15, 0.2) is 48.5 Å². The molecule has 1 aliphatic rings. The Morgan fingerprint density at radius 3 is 2.61 bits per heavy atom. The third kappa shape index (κ3) is 3.92. The maximum atomic E-state index is 13.4. The molecule has 1 aromatic heterocycles. The fourth-order valence-corrected chi connectivity index (χ4v) is 6.91. The van der Waals surface area contributed by atoms with E-state index in [1.807, 2.05) is 36.4 Å². The summed E-state index contributed by atoms with van der Waals surface area (Å²) < 4.78 is 25.0. The van der Waals surface area contributed by atoms with Gasteiger partial charge < -0.3 is 4.90 Å². The minimum Gasteiger partial charge on any atom is -0.330 e. The molecule has 8 heteroatoms. The predicted molar refractivity (Wildman–Crippen MR) is 115 cm³/mol. The van der Waals surface area contributed by atoms with Crippen molar-refractivity contribution in [3.63, 3.8) is 0 Å². The molecule has 1 atom stereocenters. The van der Waals surface area contributed by atoms with E-state index in [1.165, 1.54) is 11.3 Å². The van der Waals surface area contributed by atoms with E-state index in [0.717, 1.165) is 15.6 Å². The Hall–Kier alpha value is -1.60. The summed E-state index contributed by atoms with van der Waals surface area (Å²) in [5.41, 5.74) is 0.849. The Labute approximate surface area is 177 Å². The first-order valence-electron chi connectivity index (χ1n) is 8.77.